The van der Waals surface area contributed by atoms with E-state index in [4.69, 9.17) is 0 Å². The van der Waals surface area contributed by atoms with Crippen molar-refractivity contribution in [2.24, 2.45) is 0 Å². The summed E-state index contributed by atoms with van der Waals surface area (Å²) in [5.74, 6) is -0.436. The number of benzene rings is 1. The highest BCUT2D eigenvalue weighted by molar-refractivity contribution is 5.92. The van der Waals surface area contributed by atoms with Crippen LogP contribution >= 0.6 is 0 Å². The normalized spacial score (nSPS) is 16.3. The molecule has 0 spiro atoms. The Bertz CT molecular complexity index is 532. The summed E-state index contributed by atoms with van der Waals surface area (Å²) in [6.07, 6.45) is 2.23. The van der Waals surface area contributed by atoms with E-state index < -0.39 is 0 Å². The maximum atomic E-state index is 13.1. The maximum absolute atomic E-state index is 13.1. The van der Waals surface area contributed by atoms with Gasteiger partial charge in [-0.3, -0.25) is 14.6 Å². The van der Waals surface area contributed by atoms with Crippen LogP contribution in [0.15, 0.2) is 35.9 Å². The fourth-order valence-electron chi connectivity index (χ4n) is 2.41. The van der Waals surface area contributed by atoms with Crippen molar-refractivity contribution >= 4 is 11.6 Å². The zero-order chi connectivity index (χ0) is 15.9. The average Bonchev–Trinajstić information content (AvgIpc) is 2.46. The number of rotatable bonds is 5. The quantitative estimate of drug-likeness (QED) is 0.848. The fraction of sp³-hybridized carbons (Fsp3) is 0.471. The lowest BCUT2D eigenvalue weighted by Gasteiger charge is -2.33. The molecule has 1 aromatic carbocycles. The van der Waals surface area contributed by atoms with Crippen LogP contribution in [0.4, 0.5) is 10.1 Å². The summed E-state index contributed by atoms with van der Waals surface area (Å²) in [6, 6.07) is 5.97. The summed E-state index contributed by atoms with van der Waals surface area (Å²) in [4.78, 5) is 16.5. The number of allylic oxidation sites excluding steroid dienone is 1. The van der Waals surface area contributed by atoms with Crippen molar-refractivity contribution in [3.63, 3.8) is 0 Å². The topological polar surface area (TPSA) is 35.6 Å². The molecule has 1 aliphatic rings. The molecule has 0 saturated carbocycles. The van der Waals surface area contributed by atoms with Gasteiger partial charge >= 0.3 is 0 Å². The van der Waals surface area contributed by atoms with Crippen molar-refractivity contribution in [3.8, 4) is 0 Å². The Labute approximate surface area is 131 Å². The van der Waals surface area contributed by atoms with E-state index in [0.717, 1.165) is 32.7 Å². The molecule has 4 nitrogen and oxygen atoms in total. The first-order chi connectivity index (χ1) is 10.5. The highest BCUT2D eigenvalue weighted by Gasteiger charge is 2.18. The molecular formula is C17H24FN3O. The number of hydrogen-bond acceptors (Lipinski definition) is 3. The Balaban J connectivity index is 1.73. The van der Waals surface area contributed by atoms with Crippen LogP contribution in [0, 0.1) is 5.82 Å². The molecule has 0 atom stereocenters. The van der Waals surface area contributed by atoms with E-state index in [2.05, 4.69) is 35.0 Å². The zero-order valence-electron chi connectivity index (χ0n) is 13.3. The molecule has 1 aliphatic heterocycles. The Hall–Kier alpha value is -1.72. The Morgan fingerprint density at radius 3 is 2.55 bits per heavy atom. The van der Waals surface area contributed by atoms with Gasteiger partial charge in [0.1, 0.15) is 5.82 Å². The second-order valence-corrected chi connectivity index (χ2v) is 5.92. The molecule has 0 unspecified atom stereocenters. The van der Waals surface area contributed by atoms with E-state index >= 15 is 0 Å². The van der Waals surface area contributed by atoms with Gasteiger partial charge in [-0.1, -0.05) is 17.7 Å². The predicted octanol–water partition coefficient (Wildman–Crippen LogP) is 2.35. The second kappa shape index (κ2) is 8.06. The summed E-state index contributed by atoms with van der Waals surface area (Å²) in [7, 11) is 0. The standard InChI is InChI=1S/C17H24FN3O/c1-14(2)6-7-20-8-10-21(11-9-20)13-17(22)19-16-5-3-4-15(18)12-16/h3-6,12H,7-11,13H2,1-2H3,(H,19,22). The van der Waals surface area contributed by atoms with Crippen molar-refractivity contribution in [2.45, 2.75) is 13.8 Å². The summed E-state index contributed by atoms with van der Waals surface area (Å²) in [5, 5.41) is 2.74. The SMILES string of the molecule is CC(C)=CCN1CCN(CC(=O)Nc2cccc(F)c2)CC1. The smallest absolute Gasteiger partial charge is 0.238 e. The molecule has 5 heteroatoms. The van der Waals surface area contributed by atoms with Gasteiger partial charge < -0.3 is 5.32 Å². The van der Waals surface area contributed by atoms with E-state index in [1.54, 1.807) is 12.1 Å². The predicted molar refractivity (Wildman–Crippen MR) is 87.3 cm³/mol. The van der Waals surface area contributed by atoms with Gasteiger partial charge in [-0.25, -0.2) is 4.39 Å². The number of hydrogen-bond donors (Lipinski definition) is 1. The van der Waals surface area contributed by atoms with E-state index in [-0.39, 0.29) is 11.7 Å². The molecule has 0 radical (unpaired) electrons. The van der Waals surface area contributed by atoms with E-state index in [0.29, 0.717) is 12.2 Å². The van der Waals surface area contributed by atoms with Crippen LogP contribution in [-0.4, -0.2) is 55.0 Å². The van der Waals surface area contributed by atoms with Crippen molar-refractivity contribution in [1.29, 1.82) is 0 Å². The molecule has 1 saturated heterocycles. The highest BCUT2D eigenvalue weighted by Crippen LogP contribution is 2.09. The van der Waals surface area contributed by atoms with E-state index in [1.807, 2.05) is 0 Å². The number of nitrogens with one attached hydrogen (secondary N) is 1. The van der Waals surface area contributed by atoms with Crippen LogP contribution < -0.4 is 5.32 Å². The van der Waals surface area contributed by atoms with Crippen LogP contribution in [0.3, 0.4) is 0 Å². The molecule has 1 heterocycles. The third-order valence-corrected chi connectivity index (χ3v) is 3.70. The lowest BCUT2D eigenvalue weighted by Crippen LogP contribution is -2.48. The van der Waals surface area contributed by atoms with Crippen molar-refractivity contribution in [2.75, 3.05) is 44.6 Å². The monoisotopic (exact) mass is 305 g/mol. The van der Waals surface area contributed by atoms with Crippen LogP contribution in [-0.2, 0) is 4.79 Å². The van der Waals surface area contributed by atoms with Crippen LogP contribution in [0.1, 0.15) is 13.8 Å². The molecule has 1 amide bonds. The van der Waals surface area contributed by atoms with Crippen molar-refractivity contribution in [1.82, 2.24) is 9.80 Å². The lowest BCUT2D eigenvalue weighted by molar-refractivity contribution is -0.117. The van der Waals surface area contributed by atoms with Gasteiger partial charge in [0.05, 0.1) is 6.54 Å². The maximum Gasteiger partial charge on any atom is 0.238 e. The number of carbonyl (C=O) groups excluding carboxylic acids is 1. The number of nitrogens with zero attached hydrogens (tertiary/aromatic N) is 2. The Morgan fingerprint density at radius 2 is 1.91 bits per heavy atom. The van der Waals surface area contributed by atoms with Gasteiger partial charge in [-0.2, -0.15) is 0 Å². The molecular weight excluding hydrogens is 281 g/mol. The molecule has 120 valence electrons. The van der Waals surface area contributed by atoms with Crippen LogP contribution in [0.2, 0.25) is 0 Å². The van der Waals surface area contributed by atoms with Crippen LogP contribution in [0.5, 0.6) is 0 Å². The molecule has 0 aromatic heterocycles. The van der Waals surface area contributed by atoms with Gasteiger partial charge in [0, 0.05) is 38.4 Å². The first kappa shape index (κ1) is 16.6. The Morgan fingerprint density at radius 1 is 1.23 bits per heavy atom. The molecule has 1 N–H and O–H groups in total. The number of anilines is 1. The highest BCUT2D eigenvalue weighted by atomic mass is 19.1. The first-order valence-corrected chi connectivity index (χ1v) is 7.66. The number of piperazine rings is 1. The summed E-state index contributed by atoms with van der Waals surface area (Å²) in [5.41, 5.74) is 1.84. The molecule has 0 bridgehead atoms. The van der Waals surface area contributed by atoms with Crippen molar-refractivity contribution < 1.29 is 9.18 Å². The van der Waals surface area contributed by atoms with Gasteiger partial charge in [-0.05, 0) is 32.0 Å². The number of amides is 1. The minimum absolute atomic E-state index is 0.0941. The van der Waals surface area contributed by atoms with E-state index in [1.165, 1.54) is 17.7 Å². The Kier molecular flexibility index (Phi) is 6.10. The molecule has 1 fully saturated rings. The van der Waals surface area contributed by atoms with Gasteiger partial charge in [0.25, 0.3) is 0 Å². The van der Waals surface area contributed by atoms with Crippen LogP contribution in [0.25, 0.3) is 0 Å². The number of halogens is 1. The molecule has 2 rings (SSSR count). The minimum atomic E-state index is -0.342. The van der Waals surface area contributed by atoms with Gasteiger partial charge in [0.15, 0.2) is 0 Å². The lowest BCUT2D eigenvalue weighted by atomic mass is 10.2. The molecule has 22 heavy (non-hydrogen) atoms. The van der Waals surface area contributed by atoms with Gasteiger partial charge in [-0.15, -0.1) is 0 Å². The number of carbonyl (C=O) groups is 1. The van der Waals surface area contributed by atoms with E-state index in [9.17, 15) is 9.18 Å². The zero-order valence-corrected chi connectivity index (χ0v) is 13.3. The second-order valence-electron chi connectivity index (χ2n) is 5.92. The largest absolute Gasteiger partial charge is 0.325 e. The third kappa shape index (κ3) is 5.58. The molecule has 1 aromatic rings. The minimum Gasteiger partial charge on any atom is -0.325 e. The average molecular weight is 305 g/mol. The fourth-order valence-corrected chi connectivity index (χ4v) is 2.41. The van der Waals surface area contributed by atoms with Crippen molar-refractivity contribution in [3.05, 3.63) is 41.7 Å². The molecule has 0 aliphatic carbocycles. The summed E-state index contributed by atoms with van der Waals surface area (Å²) >= 11 is 0. The first-order valence-electron chi connectivity index (χ1n) is 7.66. The summed E-state index contributed by atoms with van der Waals surface area (Å²) < 4.78 is 13.1. The third-order valence-electron chi connectivity index (χ3n) is 3.70. The van der Waals surface area contributed by atoms with Gasteiger partial charge in [0.2, 0.25) is 5.91 Å². The summed E-state index contributed by atoms with van der Waals surface area (Å²) in [6.45, 7) is 9.24.